The highest BCUT2D eigenvalue weighted by Crippen LogP contribution is 2.39. The van der Waals surface area contributed by atoms with E-state index in [0.29, 0.717) is 25.1 Å². The van der Waals surface area contributed by atoms with Gasteiger partial charge in [0.2, 0.25) is 12.3 Å². The number of carbonyl (C=O) groups excluding carboxylic acids is 3. The lowest BCUT2D eigenvalue weighted by Crippen LogP contribution is -2.73. The number of aliphatic carboxylic acids is 1. The van der Waals surface area contributed by atoms with Crippen molar-refractivity contribution in [2.75, 3.05) is 19.7 Å². The van der Waals surface area contributed by atoms with Crippen LogP contribution >= 0.6 is 11.8 Å². The number of rotatable bonds is 5. The van der Waals surface area contributed by atoms with Gasteiger partial charge in [-0.15, -0.1) is 11.8 Å². The number of carbonyl (C=O) groups is 4. The van der Waals surface area contributed by atoms with Crippen molar-refractivity contribution < 1.29 is 29.0 Å². The van der Waals surface area contributed by atoms with Gasteiger partial charge in [-0.05, 0) is 24.7 Å². The van der Waals surface area contributed by atoms with E-state index in [1.807, 2.05) is 0 Å². The van der Waals surface area contributed by atoms with Gasteiger partial charge in [0.1, 0.15) is 18.0 Å². The quantitative estimate of drug-likeness (QED) is 0.516. The van der Waals surface area contributed by atoms with Crippen LogP contribution in [0.25, 0.3) is 0 Å². The minimum Gasteiger partial charge on any atom is -0.479 e. The predicted octanol–water partition coefficient (Wildman–Crippen LogP) is -0.0243. The highest BCUT2D eigenvalue weighted by atomic mass is 32.2. The smallest absolute Gasteiger partial charge is 0.410 e. The Morgan fingerprint density at radius 2 is 2.08 bits per heavy atom. The molecule has 0 aromatic rings. The Bertz CT molecular complexity index is 618. The van der Waals surface area contributed by atoms with Gasteiger partial charge in [0.25, 0.3) is 0 Å². The summed E-state index contributed by atoms with van der Waals surface area (Å²) in [6, 6.07) is -1.91. The van der Waals surface area contributed by atoms with Crippen LogP contribution in [-0.2, 0) is 19.1 Å². The molecule has 3 atom stereocenters. The fourth-order valence-corrected chi connectivity index (χ4v) is 4.46. The molecular formula is C15H19N3O6S. The Morgan fingerprint density at radius 1 is 1.36 bits per heavy atom. The van der Waals surface area contributed by atoms with Crippen LogP contribution in [0.3, 0.4) is 0 Å². The summed E-state index contributed by atoms with van der Waals surface area (Å²) < 4.78 is 5.25. The van der Waals surface area contributed by atoms with Crippen LogP contribution in [0.5, 0.6) is 0 Å². The zero-order valence-electron chi connectivity index (χ0n) is 13.4. The molecular weight excluding hydrogens is 350 g/mol. The lowest BCUT2D eigenvalue weighted by molar-refractivity contribution is -0.159. The molecule has 0 saturated carbocycles. The second-order valence-electron chi connectivity index (χ2n) is 6.07. The number of hydrogen-bond donors (Lipinski definition) is 2. The molecule has 0 bridgehead atoms. The number of thioether (sulfide) groups is 1. The van der Waals surface area contributed by atoms with E-state index in [9.17, 15) is 24.3 Å². The lowest BCUT2D eigenvalue weighted by Gasteiger charge is -2.50. The number of piperidine rings is 1. The van der Waals surface area contributed by atoms with Crippen molar-refractivity contribution in [1.82, 2.24) is 15.1 Å². The van der Waals surface area contributed by atoms with Crippen LogP contribution in [0.15, 0.2) is 11.0 Å². The van der Waals surface area contributed by atoms with E-state index in [2.05, 4.69) is 5.32 Å². The zero-order chi connectivity index (χ0) is 18.0. The van der Waals surface area contributed by atoms with Crippen molar-refractivity contribution in [1.29, 1.82) is 0 Å². The van der Waals surface area contributed by atoms with Gasteiger partial charge in [-0.1, -0.05) is 0 Å². The standard InChI is InChI=1S/C15H19N3O6S/c19-8-16-10-12(20)18-11(14(21)22)9(7-25-13(10)18)6-24-15(23)17-4-2-1-3-5-17/h7-8,10-11,13H,1-6H2,(H,16,19)(H,21,22)/t10?,11?,13-/m0/s1. The summed E-state index contributed by atoms with van der Waals surface area (Å²) in [7, 11) is 0. The number of fused-ring (bicyclic) bond motifs is 1. The molecule has 9 nitrogen and oxygen atoms in total. The maximum absolute atomic E-state index is 12.1. The van der Waals surface area contributed by atoms with E-state index in [0.717, 1.165) is 19.3 Å². The first-order valence-corrected chi connectivity index (χ1v) is 8.99. The van der Waals surface area contributed by atoms with Crippen LogP contribution in [-0.4, -0.2) is 76.4 Å². The molecule has 10 heteroatoms. The maximum Gasteiger partial charge on any atom is 0.410 e. The van der Waals surface area contributed by atoms with E-state index in [4.69, 9.17) is 4.74 Å². The first-order valence-electron chi connectivity index (χ1n) is 8.05. The largest absolute Gasteiger partial charge is 0.479 e. The van der Waals surface area contributed by atoms with Gasteiger partial charge in [0.15, 0.2) is 6.04 Å². The highest BCUT2D eigenvalue weighted by molar-refractivity contribution is 8.02. The van der Waals surface area contributed by atoms with Gasteiger partial charge >= 0.3 is 12.1 Å². The molecule has 0 radical (unpaired) electrons. The average Bonchev–Trinajstić information content (AvgIpc) is 2.63. The molecule has 2 unspecified atom stereocenters. The molecule has 136 valence electrons. The summed E-state index contributed by atoms with van der Waals surface area (Å²) in [5.74, 6) is -1.64. The van der Waals surface area contributed by atoms with Crippen molar-refractivity contribution >= 4 is 36.1 Å². The zero-order valence-corrected chi connectivity index (χ0v) is 14.2. The third kappa shape index (κ3) is 3.30. The molecule has 25 heavy (non-hydrogen) atoms. The van der Waals surface area contributed by atoms with Crippen molar-refractivity contribution in [3.05, 3.63) is 11.0 Å². The van der Waals surface area contributed by atoms with E-state index in [1.54, 1.807) is 10.3 Å². The predicted molar refractivity (Wildman–Crippen MR) is 87.5 cm³/mol. The van der Waals surface area contributed by atoms with Gasteiger partial charge in [0, 0.05) is 18.7 Å². The van der Waals surface area contributed by atoms with E-state index in [1.165, 1.54) is 16.7 Å². The van der Waals surface area contributed by atoms with Crippen LogP contribution in [0.1, 0.15) is 19.3 Å². The normalized spacial score (nSPS) is 28.4. The number of ether oxygens (including phenoxy) is 1. The maximum atomic E-state index is 12.1. The molecule has 2 saturated heterocycles. The molecule has 0 aliphatic carbocycles. The summed E-state index contributed by atoms with van der Waals surface area (Å²) in [5, 5.41) is 13.0. The third-order valence-corrected chi connectivity index (χ3v) is 5.74. The highest BCUT2D eigenvalue weighted by Gasteiger charge is 2.55. The number of carboxylic acids is 1. The van der Waals surface area contributed by atoms with E-state index < -0.39 is 35.4 Å². The molecule has 3 rings (SSSR count). The molecule has 0 spiro atoms. The first kappa shape index (κ1) is 17.6. The van der Waals surface area contributed by atoms with Crippen molar-refractivity contribution in [3.8, 4) is 0 Å². The summed E-state index contributed by atoms with van der Waals surface area (Å²) >= 11 is 1.23. The number of hydrogen-bond acceptors (Lipinski definition) is 6. The molecule has 3 heterocycles. The summed E-state index contributed by atoms with van der Waals surface area (Å²) in [4.78, 5) is 49.2. The van der Waals surface area contributed by atoms with Gasteiger partial charge in [0.05, 0.1) is 0 Å². The Balaban J connectivity index is 1.65. The minimum absolute atomic E-state index is 0.179. The molecule has 0 aromatic carbocycles. The first-order chi connectivity index (χ1) is 12.0. The number of amides is 3. The van der Waals surface area contributed by atoms with Crippen LogP contribution in [0, 0.1) is 0 Å². The molecule has 3 aliphatic rings. The fraction of sp³-hybridized carbons (Fsp3) is 0.600. The SMILES string of the molecule is O=CNC1C(=O)N2C(C(=O)O)C(COC(=O)N3CCCCC3)=CS[C@@H]12. The summed E-state index contributed by atoms with van der Waals surface area (Å²) in [5.41, 5.74) is 0.344. The Morgan fingerprint density at radius 3 is 2.72 bits per heavy atom. The van der Waals surface area contributed by atoms with E-state index in [-0.39, 0.29) is 6.61 Å². The fourth-order valence-electron chi connectivity index (χ4n) is 3.24. The van der Waals surface area contributed by atoms with Crippen LogP contribution < -0.4 is 5.32 Å². The van der Waals surface area contributed by atoms with Crippen LogP contribution in [0.4, 0.5) is 4.79 Å². The lowest BCUT2D eigenvalue weighted by atomic mass is 9.98. The van der Waals surface area contributed by atoms with Gasteiger partial charge in [-0.2, -0.15) is 0 Å². The van der Waals surface area contributed by atoms with E-state index >= 15 is 0 Å². The van der Waals surface area contributed by atoms with Crippen molar-refractivity contribution in [2.45, 2.75) is 36.7 Å². The Labute approximate surface area is 148 Å². The minimum atomic E-state index is -1.19. The number of nitrogens with zero attached hydrogens (tertiary/aromatic N) is 2. The second-order valence-corrected chi connectivity index (χ2v) is 7.06. The molecule has 3 aliphatic heterocycles. The third-order valence-electron chi connectivity index (χ3n) is 4.53. The van der Waals surface area contributed by atoms with Gasteiger partial charge in [-0.25, -0.2) is 9.59 Å². The monoisotopic (exact) mass is 369 g/mol. The molecule has 2 N–H and O–H groups in total. The number of β-lactam (4-membered cyclic amide) rings is 1. The number of nitrogens with one attached hydrogen (secondary N) is 1. The van der Waals surface area contributed by atoms with Gasteiger partial charge in [-0.3, -0.25) is 9.59 Å². The second kappa shape index (κ2) is 7.34. The Hall–Kier alpha value is -2.23. The number of carboxylic acid groups (broad SMARTS) is 1. The van der Waals surface area contributed by atoms with Crippen molar-refractivity contribution in [3.63, 3.8) is 0 Å². The molecule has 2 fully saturated rings. The molecule has 0 aromatic heterocycles. The van der Waals surface area contributed by atoms with Crippen LogP contribution in [0.2, 0.25) is 0 Å². The average molecular weight is 369 g/mol. The van der Waals surface area contributed by atoms with Crippen molar-refractivity contribution in [2.24, 2.45) is 0 Å². The van der Waals surface area contributed by atoms with Gasteiger partial charge < -0.3 is 25.0 Å². The summed E-state index contributed by atoms with van der Waals surface area (Å²) in [6.45, 7) is 1.10. The topological polar surface area (TPSA) is 116 Å². The Kier molecular flexibility index (Phi) is 5.16. The molecule has 3 amide bonds. The number of likely N-dealkylation sites (tertiary alicyclic amines) is 1. The summed E-state index contributed by atoms with van der Waals surface area (Å²) in [6.07, 6.45) is 2.91.